The molecule has 1 heterocycles. The van der Waals surface area contributed by atoms with Gasteiger partial charge in [-0.3, -0.25) is 10.1 Å². The van der Waals surface area contributed by atoms with Gasteiger partial charge in [-0.25, -0.2) is 0 Å². The van der Waals surface area contributed by atoms with Crippen LogP contribution in [0.4, 0.5) is 5.69 Å². The normalized spacial score (nSPS) is 19.9. The van der Waals surface area contributed by atoms with Crippen LogP contribution in [0.2, 0.25) is 0 Å². The van der Waals surface area contributed by atoms with Gasteiger partial charge in [-0.15, -0.1) is 12.4 Å². The number of hydrogen-bond donors (Lipinski definition) is 1. The highest BCUT2D eigenvalue weighted by molar-refractivity contribution is 5.85. The third kappa shape index (κ3) is 2.71. The van der Waals surface area contributed by atoms with Gasteiger partial charge in [0.2, 0.25) is 0 Å². The lowest BCUT2D eigenvalue weighted by atomic mass is 9.96. The van der Waals surface area contributed by atoms with E-state index in [-0.39, 0.29) is 29.1 Å². The summed E-state index contributed by atoms with van der Waals surface area (Å²) in [6, 6.07) is 7.15. The molecule has 5 heteroatoms. The molecule has 1 aliphatic rings. The Kier molecular flexibility index (Phi) is 4.71. The van der Waals surface area contributed by atoms with Crippen LogP contribution < -0.4 is 5.32 Å². The Balaban J connectivity index is 0.00000128. The molecule has 1 N–H and O–H groups in total. The van der Waals surface area contributed by atoms with E-state index < -0.39 is 0 Å². The van der Waals surface area contributed by atoms with E-state index in [4.69, 9.17) is 0 Å². The van der Waals surface area contributed by atoms with Crippen molar-refractivity contribution in [2.75, 3.05) is 6.54 Å². The van der Waals surface area contributed by atoms with Crippen LogP contribution in [0.5, 0.6) is 0 Å². The lowest BCUT2D eigenvalue weighted by Gasteiger charge is -2.23. The van der Waals surface area contributed by atoms with Gasteiger partial charge in [0, 0.05) is 17.7 Å². The Morgan fingerprint density at radius 1 is 1.31 bits per heavy atom. The molecule has 1 saturated heterocycles. The van der Waals surface area contributed by atoms with E-state index in [1.165, 1.54) is 0 Å². The fraction of sp³-hybridized carbons (Fsp3) is 0.455. The molecule has 1 aliphatic heterocycles. The highest BCUT2D eigenvalue weighted by atomic mass is 35.5. The van der Waals surface area contributed by atoms with Crippen molar-refractivity contribution in [2.24, 2.45) is 0 Å². The van der Waals surface area contributed by atoms with Crippen molar-refractivity contribution in [3.8, 4) is 0 Å². The standard InChI is InChI=1S/C11H14N2O2.ClH/c14-13(15)11-7-2-1-5-9(11)10-6-3-4-8-12-10;/h1-2,5,7,10,12H,3-4,6,8H2;1H/t10-;/m0./s1. The van der Waals surface area contributed by atoms with Gasteiger partial charge in [-0.1, -0.05) is 24.6 Å². The molecule has 0 bridgehead atoms. The number of halogens is 1. The number of para-hydroxylation sites is 1. The first kappa shape index (κ1) is 12.9. The van der Waals surface area contributed by atoms with E-state index in [1.54, 1.807) is 12.1 Å². The van der Waals surface area contributed by atoms with Crippen molar-refractivity contribution in [2.45, 2.75) is 25.3 Å². The highest BCUT2D eigenvalue weighted by Gasteiger charge is 2.22. The molecule has 88 valence electrons. The van der Waals surface area contributed by atoms with E-state index in [2.05, 4.69) is 5.32 Å². The second-order valence-electron chi connectivity index (χ2n) is 3.82. The summed E-state index contributed by atoms with van der Waals surface area (Å²) >= 11 is 0. The Bertz CT molecular complexity index is 365. The lowest BCUT2D eigenvalue weighted by molar-refractivity contribution is -0.385. The van der Waals surface area contributed by atoms with Gasteiger partial charge < -0.3 is 5.32 Å². The van der Waals surface area contributed by atoms with Gasteiger partial charge in [0.05, 0.1) is 4.92 Å². The van der Waals surface area contributed by atoms with Crippen molar-refractivity contribution < 1.29 is 4.92 Å². The fourth-order valence-corrected chi connectivity index (χ4v) is 2.07. The molecule has 0 radical (unpaired) electrons. The SMILES string of the molecule is Cl.O=[N+]([O-])c1ccccc1[C@@H]1CCCCN1. The molecule has 16 heavy (non-hydrogen) atoms. The number of nitrogens with one attached hydrogen (secondary N) is 1. The van der Waals surface area contributed by atoms with Gasteiger partial charge in [-0.05, 0) is 19.4 Å². The molecule has 4 nitrogen and oxygen atoms in total. The first-order valence-electron chi connectivity index (χ1n) is 5.26. The number of nitro benzene ring substituents is 1. The second kappa shape index (κ2) is 5.82. The van der Waals surface area contributed by atoms with Gasteiger partial charge in [0.1, 0.15) is 0 Å². The van der Waals surface area contributed by atoms with E-state index in [0.717, 1.165) is 31.4 Å². The third-order valence-electron chi connectivity index (χ3n) is 2.82. The minimum atomic E-state index is -0.300. The molecular formula is C11H15ClN2O2. The molecular weight excluding hydrogens is 228 g/mol. The minimum absolute atomic E-state index is 0. The smallest absolute Gasteiger partial charge is 0.274 e. The van der Waals surface area contributed by atoms with Crippen molar-refractivity contribution in [1.82, 2.24) is 5.32 Å². The van der Waals surface area contributed by atoms with Crippen LogP contribution >= 0.6 is 12.4 Å². The van der Waals surface area contributed by atoms with Gasteiger partial charge in [0.15, 0.2) is 0 Å². The average Bonchev–Trinajstić information content (AvgIpc) is 2.30. The summed E-state index contributed by atoms with van der Waals surface area (Å²) in [6.45, 7) is 0.955. The topological polar surface area (TPSA) is 55.2 Å². The largest absolute Gasteiger partial charge is 0.310 e. The first-order chi connectivity index (χ1) is 7.29. The van der Waals surface area contributed by atoms with Crippen LogP contribution in [0, 0.1) is 10.1 Å². The van der Waals surface area contributed by atoms with Crippen LogP contribution in [-0.4, -0.2) is 11.5 Å². The third-order valence-corrected chi connectivity index (χ3v) is 2.82. The van der Waals surface area contributed by atoms with E-state index in [9.17, 15) is 10.1 Å². The zero-order valence-electron chi connectivity index (χ0n) is 8.89. The molecule has 0 amide bonds. The molecule has 0 spiro atoms. The minimum Gasteiger partial charge on any atom is -0.310 e. The number of benzene rings is 1. The quantitative estimate of drug-likeness (QED) is 0.641. The fourth-order valence-electron chi connectivity index (χ4n) is 2.07. The van der Waals surface area contributed by atoms with Crippen molar-refractivity contribution >= 4 is 18.1 Å². The maximum Gasteiger partial charge on any atom is 0.274 e. The predicted octanol–water partition coefficient (Wildman–Crippen LogP) is 2.83. The zero-order valence-corrected chi connectivity index (χ0v) is 9.70. The maximum absolute atomic E-state index is 10.8. The van der Waals surface area contributed by atoms with Crippen LogP contribution in [0.15, 0.2) is 24.3 Å². The summed E-state index contributed by atoms with van der Waals surface area (Å²) in [7, 11) is 0. The number of piperidine rings is 1. The van der Waals surface area contributed by atoms with Crippen LogP contribution in [0.1, 0.15) is 30.9 Å². The zero-order chi connectivity index (χ0) is 10.7. The number of rotatable bonds is 2. The molecule has 1 fully saturated rings. The lowest BCUT2D eigenvalue weighted by Crippen LogP contribution is -2.27. The maximum atomic E-state index is 10.8. The number of nitrogens with zero attached hydrogens (tertiary/aromatic N) is 1. The predicted molar refractivity (Wildman–Crippen MR) is 64.9 cm³/mol. The van der Waals surface area contributed by atoms with Gasteiger partial charge >= 0.3 is 0 Å². The summed E-state index contributed by atoms with van der Waals surface area (Å²) in [5.41, 5.74) is 1.05. The van der Waals surface area contributed by atoms with Gasteiger partial charge in [-0.2, -0.15) is 0 Å². The molecule has 0 aromatic heterocycles. The second-order valence-corrected chi connectivity index (χ2v) is 3.82. The van der Waals surface area contributed by atoms with E-state index in [0.29, 0.717) is 0 Å². The molecule has 1 aromatic rings. The highest BCUT2D eigenvalue weighted by Crippen LogP contribution is 2.29. The van der Waals surface area contributed by atoms with Crippen molar-refractivity contribution in [3.63, 3.8) is 0 Å². The monoisotopic (exact) mass is 242 g/mol. The molecule has 0 unspecified atom stereocenters. The van der Waals surface area contributed by atoms with Gasteiger partial charge in [0.25, 0.3) is 5.69 Å². The van der Waals surface area contributed by atoms with Crippen molar-refractivity contribution in [1.29, 1.82) is 0 Å². The van der Waals surface area contributed by atoms with Crippen LogP contribution in [0.25, 0.3) is 0 Å². The summed E-state index contributed by atoms with van der Waals surface area (Å²) < 4.78 is 0. The summed E-state index contributed by atoms with van der Waals surface area (Å²) in [4.78, 5) is 10.5. The molecule has 1 atom stereocenters. The van der Waals surface area contributed by atoms with E-state index in [1.807, 2.05) is 12.1 Å². The molecule has 1 aromatic carbocycles. The van der Waals surface area contributed by atoms with Crippen LogP contribution in [0.3, 0.4) is 0 Å². The Morgan fingerprint density at radius 3 is 2.69 bits per heavy atom. The molecule has 0 aliphatic carbocycles. The first-order valence-corrected chi connectivity index (χ1v) is 5.26. The average molecular weight is 243 g/mol. The Hall–Kier alpha value is -1.13. The Morgan fingerprint density at radius 2 is 2.06 bits per heavy atom. The number of nitro groups is 1. The summed E-state index contributed by atoms with van der Waals surface area (Å²) in [5.74, 6) is 0. The molecule has 2 rings (SSSR count). The summed E-state index contributed by atoms with van der Waals surface area (Å²) in [6.07, 6.45) is 3.30. The summed E-state index contributed by atoms with van der Waals surface area (Å²) in [5, 5.41) is 14.2. The molecule has 0 saturated carbocycles. The Labute approximate surface area is 101 Å². The van der Waals surface area contributed by atoms with E-state index >= 15 is 0 Å². The van der Waals surface area contributed by atoms with Crippen LogP contribution in [-0.2, 0) is 0 Å². The number of hydrogen-bond acceptors (Lipinski definition) is 3. The van der Waals surface area contributed by atoms with Crippen molar-refractivity contribution in [3.05, 3.63) is 39.9 Å².